The molecule has 0 saturated heterocycles. The van der Waals surface area contributed by atoms with Crippen molar-refractivity contribution in [2.45, 2.75) is 95.6 Å². The van der Waals surface area contributed by atoms with E-state index in [1.54, 1.807) is 30.3 Å². The van der Waals surface area contributed by atoms with Gasteiger partial charge >= 0.3 is 0 Å². The van der Waals surface area contributed by atoms with E-state index < -0.39 is 23.3 Å². The molecule has 360 valence electrons. The highest BCUT2D eigenvalue weighted by Crippen LogP contribution is 2.62. The van der Waals surface area contributed by atoms with Gasteiger partial charge < -0.3 is 34.2 Å². The van der Waals surface area contributed by atoms with E-state index in [2.05, 4.69) is 73.3 Å². The SMILES string of the molecule is C=CCO[C@@]12Oc3ccc(Oc4ccc5ccccc5c4)cc3[C@H]3[C@H](CCCCO)[C@@H](CCCCO)C=C(C(=NOC(C)(C)C)C[C@@H]1N(Cc1cccc4ccccc14)C(=O)c1ccc(C#N)cc1)[C@H]32. The highest BCUT2D eigenvalue weighted by Gasteiger charge is 2.65. The zero-order valence-electron chi connectivity index (χ0n) is 40.4. The van der Waals surface area contributed by atoms with Crippen LogP contribution in [0.3, 0.4) is 0 Å². The molecule has 10 heteroatoms. The lowest BCUT2D eigenvalue weighted by Gasteiger charge is -2.60. The fraction of sp³-hybridized carbons (Fsp3) is 0.350. The number of hydrogen-bond donors (Lipinski definition) is 2. The number of allylic oxidation sites excluding steroid dienone is 1. The Kier molecular flexibility index (Phi) is 14.5. The van der Waals surface area contributed by atoms with Gasteiger partial charge in [-0.1, -0.05) is 103 Å². The quantitative estimate of drug-likeness (QED) is 0.0494. The summed E-state index contributed by atoms with van der Waals surface area (Å²) in [5.74, 6) is -0.441. The second-order valence-corrected chi connectivity index (χ2v) is 19.8. The van der Waals surface area contributed by atoms with Gasteiger partial charge in [0.25, 0.3) is 5.91 Å². The lowest BCUT2D eigenvalue weighted by atomic mass is 9.55. The van der Waals surface area contributed by atoms with Crippen molar-refractivity contribution in [1.29, 1.82) is 5.26 Å². The second kappa shape index (κ2) is 21.1. The van der Waals surface area contributed by atoms with Gasteiger partial charge in [0.2, 0.25) is 5.79 Å². The second-order valence-electron chi connectivity index (χ2n) is 19.8. The fourth-order valence-electron chi connectivity index (χ4n) is 11.1. The summed E-state index contributed by atoms with van der Waals surface area (Å²) >= 11 is 0. The number of unbranched alkanes of at least 4 members (excludes halogenated alkanes) is 2. The first kappa shape index (κ1) is 48.3. The zero-order valence-corrected chi connectivity index (χ0v) is 40.4. The third-order valence-corrected chi connectivity index (χ3v) is 14.1. The number of hydrogen-bond acceptors (Lipinski definition) is 9. The highest BCUT2D eigenvalue weighted by atomic mass is 16.7. The van der Waals surface area contributed by atoms with Crippen LogP contribution < -0.4 is 9.47 Å². The van der Waals surface area contributed by atoms with E-state index in [1.165, 1.54) is 0 Å². The molecule has 9 rings (SSSR count). The largest absolute Gasteiger partial charge is 0.459 e. The Labute approximate surface area is 411 Å². The van der Waals surface area contributed by atoms with E-state index in [1.807, 2.05) is 74.2 Å². The van der Waals surface area contributed by atoms with Crippen LogP contribution in [0.4, 0.5) is 0 Å². The minimum atomic E-state index is -1.49. The van der Waals surface area contributed by atoms with E-state index >= 15 is 4.79 Å². The molecule has 2 N–H and O–H groups in total. The standard InChI is InChI=1S/C60H63N3O7/c1-5-33-67-60-55(63(58(66)43-25-23-40(38-61)24-26-43)39-46-20-14-19-42-16-8-9-21-49(42)46)37-53(62-70-59(2,3)4)51-35-45(18-10-12-31-64)50(22-11-13-32-65)56(57(51)60)52-36-48(29-30-54(52)69-60)68-47-28-27-41-15-6-7-17-44(41)34-47/h5-9,14-17,19-21,23-30,34-36,45,50,55-57,64-65H,1,10-13,18,22,31-33,37,39H2,2-4H3/t45-,50+,55-,56+,57+,60+/m0/s1. The summed E-state index contributed by atoms with van der Waals surface area (Å²) in [7, 11) is 0. The Hall–Kier alpha value is -6.77. The molecule has 6 atom stereocenters. The van der Waals surface area contributed by atoms with Crippen LogP contribution in [0.5, 0.6) is 17.2 Å². The average Bonchev–Trinajstić information content (AvgIpc) is 3.37. The fourth-order valence-corrected chi connectivity index (χ4v) is 11.1. The molecule has 1 aliphatic heterocycles. The number of carbonyl (C=O) groups is 1. The Morgan fingerprint density at radius 3 is 2.30 bits per heavy atom. The van der Waals surface area contributed by atoms with Gasteiger partial charge in [0.05, 0.1) is 29.9 Å². The smallest absolute Gasteiger partial charge is 0.254 e. The first-order valence-corrected chi connectivity index (χ1v) is 24.7. The molecule has 2 aliphatic carbocycles. The van der Waals surface area contributed by atoms with E-state index in [4.69, 9.17) is 24.2 Å². The maximum Gasteiger partial charge on any atom is 0.254 e. The molecule has 0 bridgehead atoms. The van der Waals surface area contributed by atoms with E-state index in [0.29, 0.717) is 46.9 Å². The lowest BCUT2D eigenvalue weighted by Crippen LogP contribution is -2.70. The molecule has 0 aromatic heterocycles. The van der Waals surface area contributed by atoms with Crippen LogP contribution in [0.1, 0.15) is 98.7 Å². The number of nitriles is 1. The van der Waals surface area contributed by atoms with Crippen LogP contribution in [0, 0.1) is 29.1 Å². The molecule has 6 aromatic carbocycles. The number of aliphatic hydroxyl groups excluding tert-OH is 2. The van der Waals surface area contributed by atoms with Gasteiger partial charge in [0.1, 0.15) is 28.9 Å². The van der Waals surface area contributed by atoms with Crippen molar-refractivity contribution < 1.29 is 34.1 Å². The summed E-state index contributed by atoms with van der Waals surface area (Å²) in [5, 5.41) is 39.3. The van der Waals surface area contributed by atoms with Crippen molar-refractivity contribution in [2.75, 3.05) is 19.8 Å². The van der Waals surface area contributed by atoms with Crippen LogP contribution in [0.15, 0.2) is 157 Å². The minimum absolute atomic E-state index is 0.0218. The topological polar surface area (TPSA) is 134 Å². The van der Waals surface area contributed by atoms with Crippen molar-refractivity contribution in [2.24, 2.45) is 22.9 Å². The molecular formula is C60H63N3O7. The molecule has 70 heavy (non-hydrogen) atoms. The van der Waals surface area contributed by atoms with E-state index in [0.717, 1.165) is 63.9 Å². The average molecular weight is 938 g/mol. The number of carbonyl (C=O) groups excluding carboxylic acids is 1. The number of aliphatic hydroxyl groups is 2. The van der Waals surface area contributed by atoms with Gasteiger partial charge in [0, 0.05) is 43.2 Å². The molecule has 10 nitrogen and oxygen atoms in total. The minimum Gasteiger partial charge on any atom is -0.459 e. The summed E-state index contributed by atoms with van der Waals surface area (Å²) < 4.78 is 21.6. The van der Waals surface area contributed by atoms with Crippen molar-refractivity contribution in [3.05, 3.63) is 174 Å². The molecule has 0 radical (unpaired) electrons. The lowest BCUT2D eigenvalue weighted by molar-refractivity contribution is -0.255. The number of nitrogens with zero attached hydrogens (tertiary/aromatic N) is 3. The molecule has 1 heterocycles. The zero-order chi connectivity index (χ0) is 48.8. The van der Waals surface area contributed by atoms with Crippen molar-refractivity contribution in [1.82, 2.24) is 4.90 Å². The van der Waals surface area contributed by atoms with E-state index in [-0.39, 0.29) is 56.4 Å². The van der Waals surface area contributed by atoms with Crippen LogP contribution in [0.2, 0.25) is 0 Å². The van der Waals surface area contributed by atoms with Crippen LogP contribution in [-0.4, -0.2) is 64.0 Å². The van der Waals surface area contributed by atoms with Gasteiger partial charge in [0.15, 0.2) is 0 Å². The van der Waals surface area contributed by atoms with Crippen molar-refractivity contribution >= 4 is 33.2 Å². The van der Waals surface area contributed by atoms with Crippen LogP contribution in [0.25, 0.3) is 21.5 Å². The predicted molar refractivity (Wildman–Crippen MR) is 275 cm³/mol. The number of amides is 1. The maximum absolute atomic E-state index is 15.7. The highest BCUT2D eigenvalue weighted by molar-refractivity contribution is 6.03. The maximum atomic E-state index is 15.7. The van der Waals surface area contributed by atoms with E-state index in [9.17, 15) is 15.5 Å². The molecular weight excluding hydrogens is 875 g/mol. The summed E-state index contributed by atoms with van der Waals surface area (Å²) in [5.41, 5.74) is 3.80. The Bertz CT molecular complexity index is 2940. The van der Waals surface area contributed by atoms with Gasteiger partial charge in [-0.3, -0.25) is 4.79 Å². The summed E-state index contributed by atoms with van der Waals surface area (Å²) in [6.07, 6.45) is 8.85. The summed E-state index contributed by atoms with van der Waals surface area (Å²) in [6.45, 7) is 10.5. The molecule has 3 aliphatic rings. The van der Waals surface area contributed by atoms with Crippen LogP contribution >= 0.6 is 0 Å². The number of benzene rings is 6. The number of ether oxygens (including phenoxy) is 3. The number of fused-ring (bicyclic) bond motifs is 4. The van der Waals surface area contributed by atoms with Crippen LogP contribution in [-0.2, 0) is 16.1 Å². The Balaban J connectivity index is 1.28. The number of rotatable bonds is 18. The van der Waals surface area contributed by atoms with Gasteiger partial charge in [-0.05, 0) is 146 Å². The van der Waals surface area contributed by atoms with Gasteiger partial charge in [-0.25, -0.2) is 0 Å². The Morgan fingerprint density at radius 2 is 1.56 bits per heavy atom. The third kappa shape index (κ3) is 9.97. The van der Waals surface area contributed by atoms with Crippen molar-refractivity contribution in [3.63, 3.8) is 0 Å². The predicted octanol–water partition coefficient (Wildman–Crippen LogP) is 12.4. The summed E-state index contributed by atoms with van der Waals surface area (Å²) in [4.78, 5) is 24.0. The van der Waals surface area contributed by atoms with Crippen molar-refractivity contribution in [3.8, 4) is 23.3 Å². The first-order valence-electron chi connectivity index (χ1n) is 24.7. The third-order valence-electron chi connectivity index (χ3n) is 14.1. The monoisotopic (exact) mass is 937 g/mol. The first-order chi connectivity index (χ1) is 34.0. The molecule has 1 fully saturated rings. The van der Waals surface area contributed by atoms with Gasteiger partial charge in [-0.2, -0.15) is 5.26 Å². The summed E-state index contributed by atoms with van der Waals surface area (Å²) in [6, 6.07) is 42.9. The molecule has 0 unspecified atom stereocenters. The molecule has 6 aromatic rings. The normalized spacial score (nSPS) is 22.0. The molecule has 1 amide bonds. The Morgan fingerprint density at radius 1 is 0.857 bits per heavy atom. The number of oxime groups is 1. The molecule has 1 saturated carbocycles. The van der Waals surface area contributed by atoms with Gasteiger partial charge in [-0.15, -0.1) is 6.58 Å². The molecule has 0 spiro atoms.